The van der Waals surface area contributed by atoms with Crippen LogP contribution >= 0.6 is 0 Å². The number of benzene rings is 2. The summed E-state index contributed by atoms with van der Waals surface area (Å²) in [5.74, 6) is -0.317. The molecule has 0 aromatic heterocycles. The molecule has 1 saturated carbocycles. The van der Waals surface area contributed by atoms with Crippen LogP contribution in [0.4, 0.5) is 5.69 Å². The molecule has 1 aliphatic carbocycles. The summed E-state index contributed by atoms with van der Waals surface area (Å²) in [6, 6.07) is 15.1. The Hall–Kier alpha value is -2.95. The summed E-state index contributed by atoms with van der Waals surface area (Å²) in [7, 11) is 0. The quantitative estimate of drug-likeness (QED) is 0.674. The summed E-state index contributed by atoms with van der Waals surface area (Å²) in [5, 5.41) is 4.50. The highest BCUT2D eigenvalue weighted by atomic mass is 16.2. The van der Waals surface area contributed by atoms with Crippen molar-refractivity contribution in [3.63, 3.8) is 0 Å². The largest absolute Gasteiger partial charge is 0.279 e. The lowest BCUT2D eigenvalue weighted by atomic mass is 9.92. The maximum Gasteiger partial charge on any atom is 0.261 e. The van der Waals surface area contributed by atoms with Gasteiger partial charge in [-0.2, -0.15) is 5.10 Å². The van der Waals surface area contributed by atoms with Crippen LogP contribution in [0.2, 0.25) is 0 Å². The fourth-order valence-corrected chi connectivity index (χ4v) is 3.62. The summed E-state index contributed by atoms with van der Waals surface area (Å²) >= 11 is 0. The Balaban J connectivity index is 1.40. The van der Waals surface area contributed by atoms with Gasteiger partial charge in [0.25, 0.3) is 11.8 Å². The van der Waals surface area contributed by atoms with Crippen molar-refractivity contribution in [3.05, 3.63) is 65.2 Å². The smallest absolute Gasteiger partial charge is 0.261 e. The highest BCUT2D eigenvalue weighted by molar-refractivity contribution is 6.21. The van der Waals surface area contributed by atoms with E-state index in [-0.39, 0.29) is 17.9 Å². The van der Waals surface area contributed by atoms with E-state index < -0.39 is 0 Å². The van der Waals surface area contributed by atoms with Crippen LogP contribution in [-0.4, -0.2) is 28.5 Å². The maximum atomic E-state index is 12.6. The molecule has 132 valence electrons. The minimum absolute atomic E-state index is 0.0410. The molecule has 5 nitrogen and oxygen atoms in total. The summed E-state index contributed by atoms with van der Waals surface area (Å²) in [5.41, 5.74) is 7.41. The predicted octanol–water partition coefficient (Wildman–Crippen LogP) is 4.00. The van der Waals surface area contributed by atoms with Crippen molar-refractivity contribution in [2.75, 3.05) is 5.43 Å². The number of anilines is 1. The fraction of sp³-hybridized carbons (Fsp3) is 0.286. The minimum Gasteiger partial charge on any atom is -0.279 e. The highest BCUT2D eigenvalue weighted by Gasteiger charge is 2.40. The summed E-state index contributed by atoms with van der Waals surface area (Å²) in [6.45, 7) is 2.05. The van der Waals surface area contributed by atoms with Gasteiger partial charge in [0.2, 0.25) is 0 Å². The lowest BCUT2D eigenvalue weighted by molar-refractivity contribution is 0.0565. The molecular weight excluding hydrogens is 326 g/mol. The first-order chi connectivity index (χ1) is 12.6. The maximum absolute atomic E-state index is 12.6. The van der Waals surface area contributed by atoms with Gasteiger partial charge >= 0.3 is 0 Å². The number of nitrogens with one attached hydrogen (secondary N) is 1. The van der Waals surface area contributed by atoms with E-state index in [2.05, 4.69) is 17.5 Å². The standard InChI is InChI=1S/C21H21N3O2/c1-14-6-8-15(9-7-14)22-23-16-10-12-17(13-11-16)24-20(25)18-4-2-3-5-19(18)21(24)26/h2-9,17,22H,10-13H2,1H3. The molecule has 2 amide bonds. The van der Waals surface area contributed by atoms with E-state index in [9.17, 15) is 9.59 Å². The molecule has 0 saturated heterocycles. The van der Waals surface area contributed by atoms with E-state index >= 15 is 0 Å². The van der Waals surface area contributed by atoms with Gasteiger partial charge in [-0.1, -0.05) is 29.8 Å². The van der Waals surface area contributed by atoms with Crippen molar-refractivity contribution in [1.29, 1.82) is 0 Å². The molecule has 2 aliphatic rings. The van der Waals surface area contributed by atoms with Gasteiger partial charge in [-0.25, -0.2) is 0 Å². The van der Waals surface area contributed by atoms with Crippen LogP contribution in [0.3, 0.4) is 0 Å². The number of aryl methyl sites for hydroxylation is 1. The SMILES string of the molecule is Cc1ccc(NN=C2CCC(N3C(=O)c4ccccc4C3=O)CC2)cc1. The van der Waals surface area contributed by atoms with Gasteiger partial charge in [0.05, 0.1) is 16.8 Å². The molecular formula is C21H21N3O2. The van der Waals surface area contributed by atoms with Gasteiger partial charge in [0.15, 0.2) is 0 Å². The average Bonchev–Trinajstić information content (AvgIpc) is 2.93. The molecule has 26 heavy (non-hydrogen) atoms. The van der Waals surface area contributed by atoms with Gasteiger partial charge in [-0.15, -0.1) is 0 Å². The molecule has 0 bridgehead atoms. The van der Waals surface area contributed by atoms with Crippen molar-refractivity contribution in [2.24, 2.45) is 5.10 Å². The number of amides is 2. The molecule has 0 spiro atoms. The highest BCUT2D eigenvalue weighted by Crippen LogP contribution is 2.30. The topological polar surface area (TPSA) is 61.8 Å². The second kappa shape index (κ2) is 6.75. The van der Waals surface area contributed by atoms with E-state index in [0.717, 1.165) is 37.1 Å². The number of hydrogen-bond acceptors (Lipinski definition) is 4. The van der Waals surface area contributed by atoms with Crippen LogP contribution in [0.15, 0.2) is 53.6 Å². The second-order valence-corrected chi connectivity index (χ2v) is 6.91. The Morgan fingerprint density at radius 1 is 0.923 bits per heavy atom. The van der Waals surface area contributed by atoms with Crippen LogP contribution in [0, 0.1) is 6.92 Å². The van der Waals surface area contributed by atoms with Crippen molar-refractivity contribution in [3.8, 4) is 0 Å². The number of imide groups is 1. The third-order valence-electron chi connectivity index (χ3n) is 5.12. The third-order valence-corrected chi connectivity index (χ3v) is 5.12. The van der Waals surface area contributed by atoms with Crippen molar-refractivity contribution >= 4 is 23.2 Å². The van der Waals surface area contributed by atoms with Gasteiger partial charge in [0, 0.05) is 11.8 Å². The zero-order chi connectivity index (χ0) is 18.1. The van der Waals surface area contributed by atoms with Crippen LogP contribution in [-0.2, 0) is 0 Å². The van der Waals surface area contributed by atoms with E-state index in [1.807, 2.05) is 24.3 Å². The number of fused-ring (bicyclic) bond motifs is 1. The number of hydrazone groups is 1. The first-order valence-corrected chi connectivity index (χ1v) is 8.98. The molecule has 2 aromatic rings. The number of carbonyl (C=O) groups is 2. The average molecular weight is 347 g/mol. The molecule has 0 unspecified atom stereocenters. The summed E-state index contributed by atoms with van der Waals surface area (Å²) in [6.07, 6.45) is 3.10. The van der Waals surface area contributed by atoms with Crippen LogP contribution in [0.1, 0.15) is 52.0 Å². The van der Waals surface area contributed by atoms with E-state index in [1.165, 1.54) is 10.5 Å². The molecule has 0 atom stereocenters. The van der Waals surface area contributed by atoms with Gasteiger partial charge in [-0.3, -0.25) is 19.9 Å². The summed E-state index contributed by atoms with van der Waals surface area (Å²) < 4.78 is 0. The van der Waals surface area contributed by atoms with Crippen LogP contribution in [0.25, 0.3) is 0 Å². The Morgan fingerprint density at radius 2 is 1.50 bits per heavy atom. The first-order valence-electron chi connectivity index (χ1n) is 8.98. The Labute approximate surface area is 152 Å². The first kappa shape index (κ1) is 16.5. The number of hydrogen-bond donors (Lipinski definition) is 1. The number of rotatable bonds is 3. The molecule has 2 aromatic carbocycles. The Morgan fingerprint density at radius 3 is 2.08 bits per heavy atom. The predicted molar refractivity (Wildman–Crippen MR) is 101 cm³/mol. The molecule has 1 fully saturated rings. The summed E-state index contributed by atoms with van der Waals surface area (Å²) in [4.78, 5) is 26.6. The second-order valence-electron chi connectivity index (χ2n) is 6.91. The Kier molecular flexibility index (Phi) is 4.29. The lowest BCUT2D eigenvalue weighted by Gasteiger charge is -2.30. The van der Waals surface area contributed by atoms with E-state index in [0.29, 0.717) is 11.1 Å². The molecule has 1 heterocycles. The zero-order valence-corrected chi connectivity index (χ0v) is 14.7. The third kappa shape index (κ3) is 3.01. The molecule has 0 radical (unpaired) electrons. The monoisotopic (exact) mass is 347 g/mol. The van der Waals surface area contributed by atoms with Crippen LogP contribution in [0.5, 0.6) is 0 Å². The van der Waals surface area contributed by atoms with E-state index in [4.69, 9.17) is 0 Å². The minimum atomic E-state index is -0.159. The fourth-order valence-electron chi connectivity index (χ4n) is 3.62. The van der Waals surface area contributed by atoms with Crippen LogP contribution < -0.4 is 5.43 Å². The van der Waals surface area contributed by atoms with Gasteiger partial charge in [0.1, 0.15) is 0 Å². The molecule has 1 aliphatic heterocycles. The van der Waals surface area contributed by atoms with Crippen molar-refractivity contribution in [2.45, 2.75) is 38.6 Å². The Bertz CT molecular complexity index is 841. The van der Waals surface area contributed by atoms with E-state index in [1.54, 1.807) is 24.3 Å². The van der Waals surface area contributed by atoms with Gasteiger partial charge < -0.3 is 0 Å². The molecule has 4 rings (SSSR count). The van der Waals surface area contributed by atoms with Crippen molar-refractivity contribution < 1.29 is 9.59 Å². The van der Waals surface area contributed by atoms with Gasteiger partial charge in [-0.05, 0) is 56.9 Å². The zero-order valence-electron chi connectivity index (χ0n) is 14.7. The number of carbonyl (C=O) groups excluding carboxylic acids is 2. The normalized spacial score (nSPS) is 19.5. The molecule has 1 N–H and O–H groups in total. The number of nitrogens with zero attached hydrogens (tertiary/aromatic N) is 2. The lowest BCUT2D eigenvalue weighted by Crippen LogP contribution is -2.42. The van der Waals surface area contributed by atoms with Crippen molar-refractivity contribution in [1.82, 2.24) is 4.90 Å². The molecule has 5 heteroatoms.